The summed E-state index contributed by atoms with van der Waals surface area (Å²) in [5.74, 6) is -0.332. The van der Waals surface area contributed by atoms with Crippen LogP contribution in [-0.2, 0) is 13.0 Å². The molecule has 0 aliphatic heterocycles. The van der Waals surface area contributed by atoms with Crippen molar-refractivity contribution in [3.8, 4) is 5.75 Å². The number of hydrogen-bond acceptors (Lipinski definition) is 4. The van der Waals surface area contributed by atoms with Crippen LogP contribution in [0.25, 0.3) is 0 Å². The number of aliphatic hydroxyl groups is 1. The molecule has 0 aliphatic rings. The van der Waals surface area contributed by atoms with E-state index in [0.717, 1.165) is 5.56 Å². The van der Waals surface area contributed by atoms with E-state index >= 15 is 0 Å². The topological polar surface area (TPSA) is 90.8 Å². The van der Waals surface area contributed by atoms with Crippen molar-refractivity contribution in [1.29, 1.82) is 0 Å². The highest BCUT2D eigenvalue weighted by molar-refractivity contribution is 5.65. The Morgan fingerprint density at radius 2 is 1.75 bits per heavy atom. The Morgan fingerprint density at radius 3 is 2.39 bits per heavy atom. The molecule has 152 valence electrons. The molecule has 0 unspecified atom stereocenters. The maximum absolute atomic E-state index is 12.3. The Hall–Kier alpha value is -2.78. The highest BCUT2D eigenvalue weighted by Crippen LogP contribution is 2.23. The van der Waals surface area contributed by atoms with Crippen LogP contribution in [0.1, 0.15) is 11.1 Å². The number of hydrogen-bond donors (Lipinski definition) is 4. The van der Waals surface area contributed by atoms with Crippen LogP contribution in [0, 0.1) is 0 Å². The molecule has 4 N–H and O–H groups in total. The van der Waals surface area contributed by atoms with Gasteiger partial charge in [0.1, 0.15) is 5.75 Å². The molecular weight excluding hydrogens is 377 g/mol. The molecule has 0 radical (unpaired) electrons. The minimum atomic E-state index is -4.77. The molecule has 1 amide bonds. The van der Waals surface area contributed by atoms with Gasteiger partial charge in [0.15, 0.2) is 0 Å². The summed E-state index contributed by atoms with van der Waals surface area (Å²) >= 11 is 0. The molecule has 0 aliphatic carbocycles. The Labute approximate surface area is 160 Å². The second kappa shape index (κ2) is 9.95. The lowest BCUT2D eigenvalue weighted by Gasteiger charge is -2.23. The van der Waals surface area contributed by atoms with Crippen LogP contribution >= 0.6 is 0 Å². The van der Waals surface area contributed by atoms with Gasteiger partial charge in [-0.05, 0) is 29.7 Å². The number of carbonyl (C=O) groups is 1. The van der Waals surface area contributed by atoms with Crippen molar-refractivity contribution in [2.45, 2.75) is 31.5 Å². The predicted octanol–water partition coefficient (Wildman–Crippen LogP) is 2.91. The average Bonchev–Trinajstić information content (AvgIpc) is 2.60. The van der Waals surface area contributed by atoms with Crippen molar-refractivity contribution in [1.82, 2.24) is 10.6 Å². The van der Waals surface area contributed by atoms with Crippen LogP contribution in [0.3, 0.4) is 0 Å². The molecule has 2 atom stereocenters. The first kappa shape index (κ1) is 21.5. The molecule has 9 heteroatoms. The third kappa shape index (κ3) is 7.85. The number of carboxylic acid groups (broad SMARTS) is 1. The first-order valence-corrected chi connectivity index (χ1v) is 8.50. The van der Waals surface area contributed by atoms with Gasteiger partial charge in [-0.2, -0.15) is 0 Å². The fourth-order valence-electron chi connectivity index (χ4n) is 2.67. The van der Waals surface area contributed by atoms with Gasteiger partial charge in [0.2, 0.25) is 0 Å². The summed E-state index contributed by atoms with van der Waals surface area (Å²) in [6, 6.07) is 13.8. The van der Waals surface area contributed by atoms with Gasteiger partial charge in [-0.25, -0.2) is 4.79 Å². The van der Waals surface area contributed by atoms with Crippen molar-refractivity contribution >= 4 is 6.09 Å². The summed E-state index contributed by atoms with van der Waals surface area (Å²) < 4.78 is 40.7. The second-order valence-electron chi connectivity index (χ2n) is 6.14. The summed E-state index contributed by atoms with van der Waals surface area (Å²) in [6.45, 7) is 0.222. The predicted molar refractivity (Wildman–Crippen MR) is 95.9 cm³/mol. The maximum Gasteiger partial charge on any atom is 0.573 e. The number of nitrogens with one attached hydrogen (secondary N) is 2. The number of halogens is 3. The van der Waals surface area contributed by atoms with E-state index in [1.54, 1.807) is 6.07 Å². The van der Waals surface area contributed by atoms with Crippen molar-refractivity contribution in [3.63, 3.8) is 0 Å². The third-order valence-corrected chi connectivity index (χ3v) is 3.89. The number of benzene rings is 2. The van der Waals surface area contributed by atoms with Crippen LogP contribution in [0.5, 0.6) is 5.75 Å². The lowest BCUT2D eigenvalue weighted by Crippen LogP contribution is -2.48. The molecule has 0 saturated carbocycles. The summed E-state index contributed by atoms with van der Waals surface area (Å²) in [6.07, 6.45) is -6.76. The van der Waals surface area contributed by atoms with Gasteiger partial charge in [0.05, 0.1) is 12.1 Å². The zero-order valence-electron chi connectivity index (χ0n) is 14.8. The lowest BCUT2D eigenvalue weighted by molar-refractivity contribution is -0.274. The number of ether oxygens (including phenoxy) is 1. The average molecular weight is 398 g/mol. The number of aliphatic hydroxyl groups excluding tert-OH is 1. The van der Waals surface area contributed by atoms with Gasteiger partial charge in [-0.3, -0.25) is 0 Å². The molecule has 0 spiro atoms. The second-order valence-corrected chi connectivity index (χ2v) is 6.14. The zero-order valence-corrected chi connectivity index (χ0v) is 14.8. The summed E-state index contributed by atoms with van der Waals surface area (Å²) in [7, 11) is 0. The minimum Gasteiger partial charge on any atom is -0.465 e. The Morgan fingerprint density at radius 1 is 1.07 bits per heavy atom. The summed E-state index contributed by atoms with van der Waals surface area (Å²) in [5.41, 5.74) is 1.39. The summed E-state index contributed by atoms with van der Waals surface area (Å²) in [4.78, 5) is 11.0. The highest BCUT2D eigenvalue weighted by atomic mass is 19.4. The van der Waals surface area contributed by atoms with E-state index in [4.69, 9.17) is 5.11 Å². The van der Waals surface area contributed by atoms with Crippen LogP contribution < -0.4 is 15.4 Å². The Kier molecular flexibility index (Phi) is 7.65. The molecule has 0 bridgehead atoms. The van der Waals surface area contributed by atoms with Gasteiger partial charge in [0, 0.05) is 13.1 Å². The fraction of sp³-hybridized carbons (Fsp3) is 0.316. The first-order chi connectivity index (χ1) is 13.2. The molecule has 2 aromatic carbocycles. The minimum absolute atomic E-state index is 0.0438. The molecule has 0 aromatic heterocycles. The largest absolute Gasteiger partial charge is 0.573 e. The van der Waals surface area contributed by atoms with E-state index < -0.39 is 24.6 Å². The van der Waals surface area contributed by atoms with Gasteiger partial charge in [-0.15, -0.1) is 13.2 Å². The van der Waals surface area contributed by atoms with Gasteiger partial charge in [0.25, 0.3) is 0 Å². The fourth-order valence-corrected chi connectivity index (χ4v) is 2.67. The van der Waals surface area contributed by atoms with Crippen LogP contribution in [0.2, 0.25) is 0 Å². The van der Waals surface area contributed by atoms with Gasteiger partial charge >= 0.3 is 12.5 Å². The van der Waals surface area contributed by atoms with Crippen molar-refractivity contribution in [3.05, 3.63) is 65.7 Å². The van der Waals surface area contributed by atoms with Crippen LogP contribution in [-0.4, -0.2) is 41.4 Å². The van der Waals surface area contributed by atoms with Crippen molar-refractivity contribution in [2.24, 2.45) is 0 Å². The molecule has 6 nitrogen and oxygen atoms in total. The van der Waals surface area contributed by atoms with E-state index in [1.165, 1.54) is 18.2 Å². The smallest absolute Gasteiger partial charge is 0.465 e. The third-order valence-electron chi connectivity index (χ3n) is 3.89. The number of rotatable bonds is 9. The molecule has 2 aromatic rings. The first-order valence-electron chi connectivity index (χ1n) is 8.50. The Balaban J connectivity index is 1.90. The zero-order chi connectivity index (χ0) is 20.6. The SMILES string of the molecule is O=C(O)N[C@@H](Cc1ccccc1)[C@@H](O)CNCc1cccc(OC(F)(F)F)c1. The number of amides is 1. The van der Waals surface area contributed by atoms with Gasteiger partial charge in [-0.1, -0.05) is 42.5 Å². The quantitative estimate of drug-likeness (QED) is 0.522. The van der Waals surface area contributed by atoms with Gasteiger partial charge < -0.3 is 25.6 Å². The van der Waals surface area contributed by atoms with E-state index in [2.05, 4.69) is 15.4 Å². The van der Waals surface area contributed by atoms with Crippen LogP contribution in [0.4, 0.5) is 18.0 Å². The van der Waals surface area contributed by atoms with Crippen molar-refractivity contribution < 1.29 is 32.9 Å². The molecule has 2 rings (SSSR count). The van der Waals surface area contributed by atoms with E-state index in [9.17, 15) is 23.1 Å². The Bertz CT molecular complexity index is 756. The highest BCUT2D eigenvalue weighted by Gasteiger charge is 2.31. The van der Waals surface area contributed by atoms with E-state index in [0.29, 0.717) is 12.0 Å². The van der Waals surface area contributed by atoms with Crippen molar-refractivity contribution in [2.75, 3.05) is 6.54 Å². The standard InChI is InChI=1S/C19H21F3N2O4/c20-19(21,22)28-15-8-4-7-14(9-15)11-23-12-17(25)16(24-18(26)27)10-13-5-2-1-3-6-13/h1-9,16-17,23-25H,10-12H2,(H,26,27)/t16-,17-/m0/s1. The molecule has 0 fully saturated rings. The monoisotopic (exact) mass is 398 g/mol. The maximum atomic E-state index is 12.3. The molecule has 0 heterocycles. The normalized spacial score (nSPS) is 13.6. The summed E-state index contributed by atoms with van der Waals surface area (Å²) in [5, 5.41) is 24.5. The molecule has 28 heavy (non-hydrogen) atoms. The van der Waals surface area contributed by atoms with E-state index in [-0.39, 0.29) is 18.8 Å². The molecule has 0 saturated heterocycles. The lowest BCUT2D eigenvalue weighted by atomic mass is 10.0. The molecular formula is C19H21F3N2O4. The van der Waals surface area contributed by atoms with Crippen LogP contribution in [0.15, 0.2) is 54.6 Å². The van der Waals surface area contributed by atoms with E-state index in [1.807, 2.05) is 30.3 Å². The number of alkyl halides is 3.